The van der Waals surface area contributed by atoms with Crippen molar-refractivity contribution in [3.8, 4) is 0 Å². The van der Waals surface area contributed by atoms with Gasteiger partial charge >= 0.3 is 0 Å². The standard InChI is InChI=1S/C30H36N2O/c1-24(31(2)3)22-30(26-15-6-4-7-16-26,27-17-8-5-9-18-27)29(33)28-19-11-10-14-25(28)23-32-20-12-13-21-32/h4-11,14-19,24H,12-13,20-23H2,1-3H3/t24-/m1/s1. The van der Waals surface area contributed by atoms with Gasteiger partial charge in [-0.25, -0.2) is 0 Å². The quantitative estimate of drug-likeness (QED) is 0.393. The van der Waals surface area contributed by atoms with Crippen LogP contribution in [0, 0.1) is 0 Å². The van der Waals surface area contributed by atoms with Crippen LogP contribution in [0.2, 0.25) is 0 Å². The molecular weight excluding hydrogens is 404 g/mol. The molecule has 0 amide bonds. The van der Waals surface area contributed by atoms with Crippen molar-refractivity contribution in [3.05, 3.63) is 107 Å². The lowest BCUT2D eigenvalue weighted by Gasteiger charge is -2.38. The lowest BCUT2D eigenvalue weighted by Crippen LogP contribution is -2.43. The predicted octanol–water partition coefficient (Wildman–Crippen LogP) is 5.79. The fourth-order valence-corrected chi connectivity index (χ4v) is 5.12. The van der Waals surface area contributed by atoms with E-state index < -0.39 is 5.41 Å². The number of likely N-dealkylation sites (tertiary alicyclic amines) is 1. The zero-order valence-corrected chi connectivity index (χ0v) is 20.2. The number of carbonyl (C=O) groups is 1. The van der Waals surface area contributed by atoms with Crippen LogP contribution in [0.1, 0.15) is 53.2 Å². The molecule has 1 heterocycles. The molecule has 172 valence electrons. The Labute approximate surface area is 199 Å². The van der Waals surface area contributed by atoms with E-state index in [2.05, 4.69) is 91.5 Å². The molecule has 3 aromatic carbocycles. The number of nitrogens with zero attached hydrogens (tertiary/aromatic N) is 2. The minimum absolute atomic E-state index is 0.198. The van der Waals surface area contributed by atoms with E-state index in [9.17, 15) is 4.79 Å². The molecule has 0 bridgehead atoms. The highest BCUT2D eigenvalue weighted by molar-refractivity contribution is 6.07. The third-order valence-corrected chi connectivity index (χ3v) is 7.26. The van der Waals surface area contributed by atoms with Crippen LogP contribution in [0.4, 0.5) is 0 Å². The van der Waals surface area contributed by atoms with Crippen molar-refractivity contribution in [3.63, 3.8) is 0 Å². The molecule has 1 aliphatic heterocycles. The average Bonchev–Trinajstić information content (AvgIpc) is 3.36. The summed E-state index contributed by atoms with van der Waals surface area (Å²) in [7, 11) is 4.19. The van der Waals surface area contributed by atoms with Gasteiger partial charge in [0.1, 0.15) is 0 Å². The molecule has 3 aromatic rings. The number of hydrogen-bond donors (Lipinski definition) is 0. The van der Waals surface area contributed by atoms with Gasteiger partial charge in [0.25, 0.3) is 0 Å². The van der Waals surface area contributed by atoms with Crippen molar-refractivity contribution < 1.29 is 4.79 Å². The Kier molecular flexibility index (Phi) is 7.42. The largest absolute Gasteiger partial charge is 0.307 e. The maximum Gasteiger partial charge on any atom is 0.178 e. The van der Waals surface area contributed by atoms with Crippen molar-refractivity contribution in [2.45, 2.75) is 44.2 Å². The van der Waals surface area contributed by atoms with Crippen LogP contribution in [-0.2, 0) is 12.0 Å². The van der Waals surface area contributed by atoms with Gasteiger partial charge in [0.05, 0.1) is 5.41 Å². The monoisotopic (exact) mass is 440 g/mol. The highest BCUT2D eigenvalue weighted by Crippen LogP contribution is 2.41. The molecule has 0 unspecified atom stereocenters. The summed E-state index contributed by atoms with van der Waals surface area (Å²) in [4.78, 5) is 19.5. The van der Waals surface area contributed by atoms with Crippen LogP contribution >= 0.6 is 0 Å². The minimum Gasteiger partial charge on any atom is -0.307 e. The molecular formula is C30H36N2O. The van der Waals surface area contributed by atoms with E-state index in [1.54, 1.807) is 0 Å². The first-order valence-electron chi connectivity index (χ1n) is 12.1. The van der Waals surface area contributed by atoms with Gasteiger partial charge in [-0.3, -0.25) is 9.69 Å². The Balaban J connectivity index is 1.88. The highest BCUT2D eigenvalue weighted by Gasteiger charge is 2.44. The maximum absolute atomic E-state index is 14.8. The first kappa shape index (κ1) is 23.4. The van der Waals surface area contributed by atoms with E-state index in [0.717, 1.165) is 41.9 Å². The van der Waals surface area contributed by atoms with Crippen LogP contribution in [0.15, 0.2) is 84.9 Å². The molecule has 1 fully saturated rings. The van der Waals surface area contributed by atoms with Gasteiger partial charge < -0.3 is 4.90 Å². The summed E-state index contributed by atoms with van der Waals surface area (Å²) in [6.07, 6.45) is 3.20. The van der Waals surface area contributed by atoms with Gasteiger partial charge in [-0.1, -0.05) is 84.9 Å². The summed E-state index contributed by atoms with van der Waals surface area (Å²) >= 11 is 0. The smallest absolute Gasteiger partial charge is 0.178 e. The van der Waals surface area contributed by atoms with Crippen LogP contribution in [0.25, 0.3) is 0 Å². The first-order valence-corrected chi connectivity index (χ1v) is 12.1. The number of hydrogen-bond acceptors (Lipinski definition) is 3. The summed E-state index contributed by atoms with van der Waals surface area (Å²) in [6, 6.07) is 29.2. The Morgan fingerprint density at radius 1 is 0.848 bits per heavy atom. The van der Waals surface area contributed by atoms with Crippen LogP contribution in [0.3, 0.4) is 0 Å². The zero-order chi connectivity index (χ0) is 23.3. The van der Waals surface area contributed by atoms with Gasteiger partial charge in [0.2, 0.25) is 0 Å². The zero-order valence-electron chi connectivity index (χ0n) is 20.2. The number of carbonyl (C=O) groups excluding carboxylic acids is 1. The van der Waals surface area contributed by atoms with Crippen molar-refractivity contribution in [1.82, 2.24) is 9.80 Å². The lowest BCUT2D eigenvalue weighted by molar-refractivity contribution is 0.0880. The lowest BCUT2D eigenvalue weighted by atomic mass is 9.65. The Morgan fingerprint density at radius 3 is 1.91 bits per heavy atom. The average molecular weight is 441 g/mol. The second kappa shape index (κ2) is 10.5. The van der Waals surface area contributed by atoms with Crippen molar-refractivity contribution in [1.29, 1.82) is 0 Å². The number of rotatable bonds is 9. The Bertz CT molecular complexity index is 1000. The van der Waals surface area contributed by atoms with Gasteiger partial charge in [-0.15, -0.1) is 0 Å². The van der Waals surface area contributed by atoms with Gasteiger partial charge in [0, 0.05) is 18.2 Å². The molecule has 1 aliphatic rings. The molecule has 0 aromatic heterocycles. The van der Waals surface area contributed by atoms with E-state index in [4.69, 9.17) is 0 Å². The van der Waals surface area contributed by atoms with Crippen LogP contribution in [-0.4, -0.2) is 48.8 Å². The summed E-state index contributed by atoms with van der Waals surface area (Å²) in [5, 5.41) is 0. The summed E-state index contributed by atoms with van der Waals surface area (Å²) in [5.41, 5.74) is 3.35. The third kappa shape index (κ3) is 4.95. The molecule has 0 aliphatic carbocycles. The van der Waals surface area contributed by atoms with Crippen LogP contribution in [0.5, 0.6) is 0 Å². The van der Waals surface area contributed by atoms with E-state index in [1.807, 2.05) is 24.3 Å². The summed E-state index contributed by atoms with van der Waals surface area (Å²) in [6.45, 7) is 5.28. The summed E-state index contributed by atoms with van der Waals surface area (Å²) in [5.74, 6) is 0.198. The number of Topliss-reactive ketones (excluding diaryl/α,β-unsaturated/α-hetero) is 1. The molecule has 33 heavy (non-hydrogen) atoms. The normalized spacial score (nSPS) is 15.6. The maximum atomic E-state index is 14.8. The molecule has 1 saturated heterocycles. The Hall–Kier alpha value is -2.75. The first-order chi connectivity index (χ1) is 16.0. The van der Waals surface area contributed by atoms with E-state index in [-0.39, 0.29) is 11.8 Å². The minimum atomic E-state index is -0.757. The van der Waals surface area contributed by atoms with Crippen molar-refractivity contribution >= 4 is 5.78 Å². The second-order valence-corrected chi connectivity index (χ2v) is 9.62. The van der Waals surface area contributed by atoms with Crippen molar-refractivity contribution in [2.75, 3.05) is 27.2 Å². The topological polar surface area (TPSA) is 23.6 Å². The van der Waals surface area contributed by atoms with Gasteiger partial charge in [0.15, 0.2) is 5.78 Å². The molecule has 0 spiro atoms. The molecule has 1 atom stereocenters. The van der Waals surface area contributed by atoms with E-state index in [1.165, 1.54) is 12.8 Å². The van der Waals surface area contributed by atoms with E-state index >= 15 is 0 Å². The molecule has 4 rings (SSSR count). The number of benzene rings is 3. The Morgan fingerprint density at radius 2 is 1.36 bits per heavy atom. The molecule has 0 N–H and O–H groups in total. The highest BCUT2D eigenvalue weighted by atomic mass is 16.1. The third-order valence-electron chi connectivity index (χ3n) is 7.26. The fourth-order valence-electron chi connectivity index (χ4n) is 5.12. The molecule has 3 heteroatoms. The van der Waals surface area contributed by atoms with Gasteiger partial charge in [-0.05, 0) is 70.1 Å². The van der Waals surface area contributed by atoms with E-state index in [0.29, 0.717) is 6.42 Å². The fraction of sp³-hybridized carbons (Fsp3) is 0.367. The second-order valence-electron chi connectivity index (χ2n) is 9.62. The summed E-state index contributed by atoms with van der Waals surface area (Å²) < 4.78 is 0. The molecule has 0 radical (unpaired) electrons. The van der Waals surface area contributed by atoms with Crippen molar-refractivity contribution in [2.24, 2.45) is 0 Å². The SMILES string of the molecule is C[C@H](CC(C(=O)c1ccccc1CN1CCCC1)(c1ccccc1)c1ccccc1)N(C)C. The molecule has 3 nitrogen and oxygen atoms in total. The number of ketones is 1. The predicted molar refractivity (Wildman–Crippen MR) is 137 cm³/mol. The van der Waals surface area contributed by atoms with Crippen LogP contribution < -0.4 is 0 Å². The van der Waals surface area contributed by atoms with Gasteiger partial charge in [-0.2, -0.15) is 0 Å². The molecule has 0 saturated carbocycles.